The number of benzene rings is 2. The predicted octanol–water partition coefficient (Wildman–Crippen LogP) is 5.29. The Kier molecular flexibility index (Phi) is 7.85. The predicted molar refractivity (Wildman–Crippen MR) is 132 cm³/mol. The number of aryl methyl sites for hydroxylation is 1. The van der Waals surface area contributed by atoms with Crippen molar-refractivity contribution in [1.29, 1.82) is 0 Å². The van der Waals surface area contributed by atoms with Gasteiger partial charge in [0.1, 0.15) is 10.6 Å². The first-order chi connectivity index (χ1) is 15.6. The van der Waals surface area contributed by atoms with E-state index in [0.29, 0.717) is 25.1 Å². The van der Waals surface area contributed by atoms with E-state index in [1.54, 1.807) is 12.1 Å². The highest BCUT2D eigenvalue weighted by molar-refractivity contribution is 7.89. The van der Waals surface area contributed by atoms with Crippen LogP contribution in [0.15, 0.2) is 41.3 Å². The van der Waals surface area contributed by atoms with Crippen LogP contribution >= 0.6 is 0 Å². The molecular formula is C26H36N2O4S. The quantitative estimate of drug-likeness (QED) is 0.594. The van der Waals surface area contributed by atoms with E-state index in [2.05, 4.69) is 19.2 Å². The standard InChI is InChI=1S/C26H36N2O4S/c1-17(2)20-12-13-23(32-6)24(15-20)33(30,31)28-14-8-10-21(16-28)26(29)27-25-19(5)9-7-11-22(25)18(3)4/h7,9,11-13,15,17-18,21H,8,10,14,16H2,1-6H3,(H,27,29)/t21-/m0/s1. The molecule has 0 unspecified atom stereocenters. The van der Waals surface area contributed by atoms with Gasteiger partial charge in [-0.1, -0.05) is 52.0 Å². The van der Waals surface area contributed by atoms with Gasteiger partial charge in [0.2, 0.25) is 15.9 Å². The molecule has 33 heavy (non-hydrogen) atoms. The highest BCUT2D eigenvalue weighted by Gasteiger charge is 2.35. The van der Waals surface area contributed by atoms with Crippen molar-refractivity contribution in [1.82, 2.24) is 4.31 Å². The lowest BCUT2D eigenvalue weighted by molar-refractivity contribution is -0.120. The molecule has 1 aliphatic rings. The van der Waals surface area contributed by atoms with E-state index < -0.39 is 15.9 Å². The van der Waals surface area contributed by atoms with Crippen molar-refractivity contribution >= 4 is 21.6 Å². The maximum atomic E-state index is 13.6. The molecule has 3 rings (SSSR count). The van der Waals surface area contributed by atoms with Crippen molar-refractivity contribution in [3.8, 4) is 5.75 Å². The molecule has 1 aliphatic heterocycles. The van der Waals surface area contributed by atoms with Crippen LogP contribution in [0.2, 0.25) is 0 Å². The molecule has 1 amide bonds. The molecule has 0 aliphatic carbocycles. The van der Waals surface area contributed by atoms with E-state index in [1.165, 1.54) is 11.4 Å². The number of carbonyl (C=O) groups is 1. The number of amides is 1. The lowest BCUT2D eigenvalue weighted by atomic mass is 9.95. The SMILES string of the molecule is COc1ccc(C(C)C)cc1S(=O)(=O)N1CCC[C@H](C(=O)Nc2c(C)cccc2C(C)C)C1. The van der Waals surface area contributed by atoms with Gasteiger partial charge in [-0.25, -0.2) is 8.42 Å². The Morgan fingerprint density at radius 3 is 2.48 bits per heavy atom. The number of rotatable bonds is 7. The van der Waals surface area contributed by atoms with Gasteiger partial charge >= 0.3 is 0 Å². The Morgan fingerprint density at radius 2 is 1.85 bits per heavy atom. The molecule has 0 saturated carbocycles. The summed E-state index contributed by atoms with van der Waals surface area (Å²) in [6.45, 7) is 10.8. The number of anilines is 1. The minimum absolute atomic E-state index is 0.131. The third kappa shape index (κ3) is 5.41. The number of nitrogens with zero attached hydrogens (tertiary/aromatic N) is 1. The van der Waals surface area contributed by atoms with Gasteiger partial charge in [0.15, 0.2) is 0 Å². The van der Waals surface area contributed by atoms with Gasteiger partial charge in [-0.05, 0) is 60.4 Å². The lowest BCUT2D eigenvalue weighted by Crippen LogP contribution is -2.43. The van der Waals surface area contributed by atoms with Gasteiger partial charge in [-0.3, -0.25) is 4.79 Å². The summed E-state index contributed by atoms with van der Waals surface area (Å²) in [7, 11) is -2.32. The van der Waals surface area contributed by atoms with Crippen molar-refractivity contribution in [3.05, 3.63) is 53.1 Å². The van der Waals surface area contributed by atoms with Crippen molar-refractivity contribution in [2.75, 3.05) is 25.5 Å². The normalized spacial score (nSPS) is 17.4. The summed E-state index contributed by atoms with van der Waals surface area (Å²) in [4.78, 5) is 13.4. The van der Waals surface area contributed by atoms with Crippen molar-refractivity contribution in [2.45, 2.75) is 64.2 Å². The number of methoxy groups -OCH3 is 1. The van der Waals surface area contributed by atoms with Crippen LogP contribution in [0.25, 0.3) is 0 Å². The monoisotopic (exact) mass is 472 g/mol. The maximum absolute atomic E-state index is 13.6. The number of carbonyl (C=O) groups excluding carboxylic acids is 1. The molecule has 180 valence electrons. The minimum atomic E-state index is -3.80. The molecule has 0 spiro atoms. The van der Waals surface area contributed by atoms with E-state index in [0.717, 1.165) is 22.4 Å². The molecular weight excluding hydrogens is 436 g/mol. The summed E-state index contributed by atoms with van der Waals surface area (Å²) in [6, 6.07) is 11.3. The minimum Gasteiger partial charge on any atom is -0.495 e. The lowest BCUT2D eigenvalue weighted by Gasteiger charge is -2.32. The summed E-state index contributed by atoms with van der Waals surface area (Å²) in [5.41, 5.74) is 3.86. The Hall–Kier alpha value is -2.38. The molecule has 6 nitrogen and oxygen atoms in total. The average molecular weight is 473 g/mol. The molecule has 0 radical (unpaired) electrons. The van der Waals surface area contributed by atoms with Crippen molar-refractivity contribution in [3.63, 3.8) is 0 Å². The molecule has 7 heteroatoms. The number of ether oxygens (including phenoxy) is 1. The van der Waals surface area contributed by atoms with Crippen LogP contribution in [0.1, 0.15) is 69.1 Å². The molecule has 2 aromatic rings. The first-order valence-electron chi connectivity index (χ1n) is 11.6. The number of nitrogens with one attached hydrogen (secondary N) is 1. The number of para-hydroxylation sites is 1. The zero-order valence-electron chi connectivity index (χ0n) is 20.5. The van der Waals surface area contributed by atoms with E-state index in [4.69, 9.17) is 4.74 Å². The van der Waals surface area contributed by atoms with Crippen LogP contribution in [0, 0.1) is 12.8 Å². The summed E-state index contributed by atoms with van der Waals surface area (Å²) < 4.78 is 34.0. The molecule has 1 N–H and O–H groups in total. The Morgan fingerprint density at radius 1 is 1.12 bits per heavy atom. The zero-order chi connectivity index (χ0) is 24.3. The van der Waals surface area contributed by atoms with Crippen molar-refractivity contribution < 1.29 is 17.9 Å². The average Bonchev–Trinajstić information content (AvgIpc) is 2.79. The number of hydrogen-bond donors (Lipinski definition) is 1. The van der Waals surface area contributed by atoms with Crippen LogP contribution in [-0.4, -0.2) is 38.8 Å². The topological polar surface area (TPSA) is 75.7 Å². The number of hydrogen-bond acceptors (Lipinski definition) is 4. The van der Waals surface area contributed by atoms with E-state index in [1.807, 2.05) is 45.0 Å². The van der Waals surface area contributed by atoms with E-state index >= 15 is 0 Å². The smallest absolute Gasteiger partial charge is 0.246 e. The Balaban J connectivity index is 1.85. The highest BCUT2D eigenvalue weighted by atomic mass is 32.2. The van der Waals surface area contributed by atoms with Gasteiger partial charge in [0.25, 0.3) is 0 Å². The second kappa shape index (κ2) is 10.3. The fourth-order valence-corrected chi connectivity index (χ4v) is 6.05. The molecule has 1 fully saturated rings. The first kappa shape index (κ1) is 25.2. The molecule has 1 saturated heterocycles. The van der Waals surface area contributed by atoms with Crippen LogP contribution in [0.5, 0.6) is 5.75 Å². The Bertz CT molecular complexity index is 1110. The summed E-state index contributed by atoms with van der Waals surface area (Å²) >= 11 is 0. The number of piperidine rings is 1. The molecule has 1 heterocycles. The van der Waals surface area contributed by atoms with E-state index in [9.17, 15) is 13.2 Å². The van der Waals surface area contributed by atoms with Gasteiger partial charge < -0.3 is 10.1 Å². The van der Waals surface area contributed by atoms with Crippen LogP contribution in [-0.2, 0) is 14.8 Å². The fourth-order valence-electron chi connectivity index (χ4n) is 4.34. The summed E-state index contributed by atoms with van der Waals surface area (Å²) in [5, 5.41) is 3.10. The zero-order valence-corrected chi connectivity index (χ0v) is 21.3. The number of sulfonamides is 1. The molecule has 0 bridgehead atoms. The van der Waals surface area contributed by atoms with Gasteiger partial charge in [0, 0.05) is 18.8 Å². The molecule has 0 aromatic heterocycles. The van der Waals surface area contributed by atoms with Gasteiger partial charge in [-0.15, -0.1) is 0 Å². The largest absolute Gasteiger partial charge is 0.495 e. The van der Waals surface area contributed by atoms with Crippen LogP contribution in [0.4, 0.5) is 5.69 Å². The van der Waals surface area contributed by atoms with Gasteiger partial charge in [-0.2, -0.15) is 4.31 Å². The van der Waals surface area contributed by atoms with Crippen LogP contribution in [0.3, 0.4) is 0 Å². The van der Waals surface area contributed by atoms with E-state index in [-0.39, 0.29) is 29.2 Å². The third-order valence-corrected chi connectivity index (χ3v) is 8.29. The molecule has 2 aromatic carbocycles. The second-order valence-electron chi connectivity index (χ2n) is 9.45. The second-order valence-corrected chi connectivity index (χ2v) is 11.4. The Labute approximate surface area is 198 Å². The molecule has 1 atom stereocenters. The van der Waals surface area contributed by atoms with Crippen molar-refractivity contribution in [2.24, 2.45) is 5.92 Å². The summed E-state index contributed by atoms with van der Waals surface area (Å²) in [5.74, 6) is 0.243. The fraction of sp³-hybridized carbons (Fsp3) is 0.500. The van der Waals surface area contributed by atoms with Crippen LogP contribution < -0.4 is 10.1 Å². The first-order valence-corrected chi connectivity index (χ1v) is 13.1. The third-order valence-electron chi connectivity index (χ3n) is 6.40. The highest BCUT2D eigenvalue weighted by Crippen LogP contribution is 2.33. The van der Waals surface area contributed by atoms with Gasteiger partial charge in [0.05, 0.1) is 13.0 Å². The summed E-state index contributed by atoms with van der Waals surface area (Å²) in [6.07, 6.45) is 1.29. The maximum Gasteiger partial charge on any atom is 0.246 e.